The average Bonchev–Trinajstić information content (AvgIpc) is 3.26. The number of nitrogens with one attached hydrogen (secondary N) is 3. The van der Waals surface area contributed by atoms with E-state index in [1.165, 1.54) is 30.3 Å². The molecule has 3 aromatic carbocycles. The summed E-state index contributed by atoms with van der Waals surface area (Å²) in [5, 5.41) is 21.4. The van der Waals surface area contributed by atoms with Crippen molar-refractivity contribution >= 4 is 26.6 Å². The maximum absolute atomic E-state index is 13.9. The highest BCUT2D eigenvalue weighted by atomic mass is 32.2. The first-order chi connectivity index (χ1) is 16.9. The summed E-state index contributed by atoms with van der Waals surface area (Å²) in [4.78, 5) is -0.446. The normalized spacial score (nSPS) is 12.4. The van der Waals surface area contributed by atoms with Crippen molar-refractivity contribution in [3.63, 3.8) is 0 Å². The number of halogens is 1. The van der Waals surface area contributed by atoms with Crippen LogP contribution in [-0.2, 0) is 10.0 Å². The number of hydrogen-bond donors (Lipinski definition) is 4. The number of methoxy groups -OCH3 is 1. The monoisotopic (exact) mass is 500 g/mol. The summed E-state index contributed by atoms with van der Waals surface area (Å²) in [6.45, 7) is 1.07. The molecule has 0 bridgehead atoms. The molecule has 4 rings (SSSR count). The Morgan fingerprint density at radius 3 is 2.74 bits per heavy atom. The summed E-state index contributed by atoms with van der Waals surface area (Å²) in [7, 11) is -2.55. The van der Waals surface area contributed by atoms with Crippen LogP contribution in [0.3, 0.4) is 0 Å². The van der Waals surface area contributed by atoms with E-state index in [9.17, 15) is 17.9 Å². The van der Waals surface area contributed by atoms with Gasteiger partial charge in [-0.2, -0.15) is 0 Å². The largest absolute Gasteiger partial charge is 0.492 e. The number of aromatic amines is 1. The molecule has 4 aromatic rings. The molecule has 0 saturated heterocycles. The highest BCUT2D eigenvalue weighted by Gasteiger charge is 2.19. The molecule has 11 heteroatoms. The highest BCUT2D eigenvalue weighted by Crippen LogP contribution is 2.26. The van der Waals surface area contributed by atoms with Gasteiger partial charge in [0.05, 0.1) is 24.1 Å². The van der Waals surface area contributed by atoms with Crippen LogP contribution in [-0.4, -0.2) is 50.5 Å². The topological polar surface area (TPSA) is 126 Å². The van der Waals surface area contributed by atoms with Gasteiger partial charge in [0.2, 0.25) is 5.88 Å². The molecule has 0 aliphatic carbocycles. The second kappa shape index (κ2) is 10.7. The van der Waals surface area contributed by atoms with Crippen LogP contribution >= 0.6 is 0 Å². The molecule has 1 atom stereocenters. The van der Waals surface area contributed by atoms with Gasteiger partial charge in [0.1, 0.15) is 23.1 Å². The number of H-pyrrole nitrogens is 1. The minimum atomic E-state index is -4.10. The SMILES string of the molecule is COc1n[nH]c2cc(OCCNC[C@H](O)c3cccc(NS(=O)(=O)c4ccccc4F)c3)ccc12. The van der Waals surface area contributed by atoms with Gasteiger partial charge in [0.25, 0.3) is 10.0 Å². The van der Waals surface area contributed by atoms with Crippen LogP contribution in [0.4, 0.5) is 10.1 Å². The smallest absolute Gasteiger partial charge is 0.264 e. The number of hydrogen-bond acceptors (Lipinski definition) is 7. The van der Waals surface area contributed by atoms with Crippen molar-refractivity contribution < 1.29 is 27.4 Å². The summed E-state index contributed by atoms with van der Waals surface area (Å²) in [6.07, 6.45) is -0.887. The van der Waals surface area contributed by atoms with Gasteiger partial charge in [-0.3, -0.25) is 9.82 Å². The molecule has 0 unspecified atom stereocenters. The Morgan fingerprint density at radius 2 is 1.94 bits per heavy atom. The molecule has 0 radical (unpaired) electrons. The molecule has 0 spiro atoms. The molecule has 1 heterocycles. The maximum atomic E-state index is 13.9. The third-order valence-electron chi connectivity index (χ3n) is 5.23. The summed E-state index contributed by atoms with van der Waals surface area (Å²) in [5.41, 5.74) is 1.53. The Labute approximate surface area is 201 Å². The molecular formula is C24H25FN4O5S. The van der Waals surface area contributed by atoms with Crippen LogP contribution in [0.5, 0.6) is 11.6 Å². The molecule has 0 aliphatic heterocycles. The van der Waals surface area contributed by atoms with E-state index in [-0.39, 0.29) is 12.2 Å². The molecule has 35 heavy (non-hydrogen) atoms. The van der Waals surface area contributed by atoms with E-state index in [0.717, 1.165) is 17.0 Å². The van der Waals surface area contributed by atoms with Crippen LogP contribution in [0.15, 0.2) is 71.6 Å². The van der Waals surface area contributed by atoms with Crippen molar-refractivity contribution in [3.8, 4) is 11.6 Å². The van der Waals surface area contributed by atoms with E-state index in [1.807, 2.05) is 18.2 Å². The second-order valence-corrected chi connectivity index (χ2v) is 9.32. The van der Waals surface area contributed by atoms with Crippen molar-refractivity contribution in [2.75, 3.05) is 31.5 Å². The minimum Gasteiger partial charge on any atom is -0.492 e. The van der Waals surface area contributed by atoms with Crippen LogP contribution < -0.4 is 19.5 Å². The van der Waals surface area contributed by atoms with Crippen molar-refractivity contribution in [2.45, 2.75) is 11.0 Å². The van der Waals surface area contributed by atoms with E-state index in [2.05, 4.69) is 20.2 Å². The average molecular weight is 501 g/mol. The summed E-state index contributed by atoms with van der Waals surface area (Å²) < 4.78 is 52.2. The maximum Gasteiger partial charge on any atom is 0.264 e. The molecule has 4 N–H and O–H groups in total. The van der Waals surface area contributed by atoms with E-state index in [4.69, 9.17) is 9.47 Å². The Hall–Kier alpha value is -3.67. The van der Waals surface area contributed by atoms with Gasteiger partial charge in [-0.05, 0) is 42.0 Å². The lowest BCUT2D eigenvalue weighted by atomic mass is 10.1. The summed E-state index contributed by atoms with van der Waals surface area (Å²) in [5.74, 6) is 0.346. The fraction of sp³-hybridized carbons (Fsp3) is 0.208. The Kier molecular flexibility index (Phi) is 7.49. The number of benzene rings is 3. The number of fused-ring (bicyclic) bond motifs is 1. The fourth-order valence-electron chi connectivity index (χ4n) is 3.50. The molecule has 0 aliphatic rings. The lowest BCUT2D eigenvalue weighted by Gasteiger charge is -2.15. The number of nitrogens with zero attached hydrogens (tertiary/aromatic N) is 1. The van der Waals surface area contributed by atoms with Crippen LogP contribution in [0, 0.1) is 5.82 Å². The molecule has 1 aromatic heterocycles. The predicted molar refractivity (Wildman–Crippen MR) is 130 cm³/mol. The fourth-order valence-corrected chi connectivity index (χ4v) is 4.63. The van der Waals surface area contributed by atoms with Gasteiger partial charge in [0, 0.05) is 24.8 Å². The number of sulfonamides is 1. The van der Waals surface area contributed by atoms with Gasteiger partial charge in [-0.15, -0.1) is 5.10 Å². The number of ether oxygens (including phenoxy) is 2. The third kappa shape index (κ3) is 5.88. The van der Waals surface area contributed by atoms with Crippen LogP contribution in [0.1, 0.15) is 11.7 Å². The summed E-state index contributed by atoms with van der Waals surface area (Å²) in [6, 6.07) is 17.0. The number of aromatic nitrogens is 2. The molecule has 0 saturated carbocycles. The Balaban J connectivity index is 1.27. The molecule has 184 valence electrons. The lowest BCUT2D eigenvalue weighted by molar-refractivity contribution is 0.172. The van der Waals surface area contributed by atoms with E-state index in [0.29, 0.717) is 30.3 Å². The van der Waals surface area contributed by atoms with E-state index >= 15 is 0 Å². The van der Waals surface area contributed by atoms with Crippen molar-refractivity contribution in [1.82, 2.24) is 15.5 Å². The van der Waals surface area contributed by atoms with Crippen LogP contribution in [0.2, 0.25) is 0 Å². The Morgan fingerprint density at radius 1 is 1.11 bits per heavy atom. The van der Waals surface area contributed by atoms with Gasteiger partial charge in [0.15, 0.2) is 0 Å². The molecule has 9 nitrogen and oxygen atoms in total. The van der Waals surface area contributed by atoms with Gasteiger partial charge in [-0.25, -0.2) is 12.8 Å². The van der Waals surface area contributed by atoms with Gasteiger partial charge in [-0.1, -0.05) is 24.3 Å². The number of rotatable bonds is 11. The zero-order valence-corrected chi connectivity index (χ0v) is 19.7. The number of aliphatic hydroxyl groups is 1. The first kappa shape index (κ1) is 24.5. The zero-order valence-electron chi connectivity index (χ0n) is 18.9. The minimum absolute atomic E-state index is 0.221. The number of anilines is 1. The van der Waals surface area contributed by atoms with E-state index < -0.39 is 26.8 Å². The van der Waals surface area contributed by atoms with E-state index in [1.54, 1.807) is 19.2 Å². The standard InChI is InChI=1S/C24H25FN4O5S/c1-33-24-19-10-9-18(14-21(19)27-28-24)34-12-11-26-15-22(30)16-5-4-6-17(13-16)29-35(31,32)23-8-3-2-7-20(23)25/h2-10,13-14,22,26,29-30H,11-12,15H2,1H3,(H,27,28)/t22-/m0/s1. The van der Waals surface area contributed by atoms with Crippen LogP contribution in [0.25, 0.3) is 10.9 Å². The number of aliphatic hydroxyl groups excluding tert-OH is 1. The van der Waals surface area contributed by atoms with Crippen molar-refractivity contribution in [2.24, 2.45) is 0 Å². The predicted octanol–water partition coefficient (Wildman–Crippen LogP) is 3.21. The zero-order chi connectivity index (χ0) is 24.8. The lowest BCUT2D eigenvalue weighted by Crippen LogP contribution is -2.26. The second-order valence-electron chi connectivity index (χ2n) is 7.67. The highest BCUT2D eigenvalue weighted by molar-refractivity contribution is 7.92. The Bertz CT molecular complexity index is 1410. The first-order valence-corrected chi connectivity index (χ1v) is 12.3. The van der Waals surface area contributed by atoms with Gasteiger partial charge < -0.3 is 19.9 Å². The third-order valence-corrected chi connectivity index (χ3v) is 6.64. The molecule has 0 amide bonds. The first-order valence-electron chi connectivity index (χ1n) is 10.8. The molecule has 0 fully saturated rings. The quantitative estimate of drug-likeness (QED) is 0.233. The van der Waals surface area contributed by atoms with Crippen molar-refractivity contribution in [3.05, 3.63) is 78.1 Å². The van der Waals surface area contributed by atoms with Crippen molar-refractivity contribution in [1.29, 1.82) is 0 Å². The summed E-state index contributed by atoms with van der Waals surface area (Å²) >= 11 is 0. The molecular weight excluding hydrogens is 475 g/mol. The van der Waals surface area contributed by atoms with Gasteiger partial charge >= 0.3 is 0 Å².